The Morgan fingerprint density at radius 1 is 1.28 bits per heavy atom. The number of H-pyrrole nitrogens is 1. The second-order valence-electron chi connectivity index (χ2n) is 5.84. The Hall–Kier alpha value is -2.84. The van der Waals surface area contributed by atoms with E-state index in [1.54, 1.807) is 19.5 Å². The summed E-state index contributed by atoms with van der Waals surface area (Å²) < 4.78 is 5.09. The van der Waals surface area contributed by atoms with Gasteiger partial charge >= 0.3 is 0 Å². The van der Waals surface area contributed by atoms with E-state index in [1.165, 1.54) is 0 Å². The first-order chi connectivity index (χ1) is 12.3. The van der Waals surface area contributed by atoms with Crippen molar-refractivity contribution in [3.8, 4) is 11.4 Å². The monoisotopic (exact) mass is 337 g/mol. The molecule has 8 nitrogen and oxygen atoms in total. The molecule has 4 heterocycles. The van der Waals surface area contributed by atoms with Gasteiger partial charge in [0.2, 0.25) is 0 Å². The quantitative estimate of drug-likeness (QED) is 0.628. The molecule has 0 unspecified atom stereocenters. The molecule has 3 aromatic heterocycles. The van der Waals surface area contributed by atoms with E-state index in [9.17, 15) is 0 Å². The number of ether oxygens (including phenoxy) is 1. The topological polar surface area (TPSA) is 101 Å². The molecule has 0 bridgehead atoms. The summed E-state index contributed by atoms with van der Waals surface area (Å²) in [5.41, 5.74) is 4.91. The SMILES string of the molecule is COCc1cc(CNc2nc(-c3cccnc3)nc3c2CNC3)[nH]n1. The molecule has 3 N–H and O–H groups in total. The summed E-state index contributed by atoms with van der Waals surface area (Å²) >= 11 is 0. The van der Waals surface area contributed by atoms with E-state index in [2.05, 4.69) is 30.8 Å². The molecule has 0 radical (unpaired) electrons. The van der Waals surface area contributed by atoms with Gasteiger partial charge in [-0.2, -0.15) is 5.10 Å². The predicted molar refractivity (Wildman–Crippen MR) is 92.4 cm³/mol. The highest BCUT2D eigenvalue weighted by Gasteiger charge is 2.19. The summed E-state index contributed by atoms with van der Waals surface area (Å²) in [6, 6.07) is 5.84. The third-order valence-corrected chi connectivity index (χ3v) is 4.03. The lowest BCUT2D eigenvalue weighted by Gasteiger charge is -2.11. The number of fused-ring (bicyclic) bond motifs is 1. The van der Waals surface area contributed by atoms with Crippen LogP contribution in [0.15, 0.2) is 30.6 Å². The van der Waals surface area contributed by atoms with E-state index in [1.807, 2.05) is 18.2 Å². The number of pyridine rings is 1. The molecule has 128 valence electrons. The molecule has 0 amide bonds. The van der Waals surface area contributed by atoms with Crippen molar-refractivity contribution in [2.24, 2.45) is 0 Å². The number of nitrogens with one attached hydrogen (secondary N) is 3. The van der Waals surface area contributed by atoms with Gasteiger partial charge in [0.15, 0.2) is 5.82 Å². The number of nitrogens with zero attached hydrogens (tertiary/aromatic N) is 4. The molecule has 1 aliphatic rings. The van der Waals surface area contributed by atoms with Crippen LogP contribution in [0.4, 0.5) is 5.82 Å². The van der Waals surface area contributed by atoms with Crippen LogP contribution in [0.2, 0.25) is 0 Å². The standard InChI is InChI=1S/C17H19N7O/c1-25-10-13-5-12(23-24-13)7-20-17-14-8-19-9-15(14)21-16(22-17)11-3-2-4-18-6-11/h2-6,19H,7-10H2,1H3,(H,23,24)(H,20,21,22). The Labute approximate surface area is 145 Å². The van der Waals surface area contributed by atoms with Gasteiger partial charge in [-0.3, -0.25) is 10.1 Å². The van der Waals surface area contributed by atoms with Crippen LogP contribution in [0.3, 0.4) is 0 Å². The Morgan fingerprint density at radius 2 is 2.24 bits per heavy atom. The Bertz CT molecular complexity index is 863. The van der Waals surface area contributed by atoms with E-state index >= 15 is 0 Å². The van der Waals surface area contributed by atoms with E-state index in [4.69, 9.17) is 9.72 Å². The molecule has 0 aromatic carbocycles. The lowest BCUT2D eigenvalue weighted by molar-refractivity contribution is 0.181. The van der Waals surface area contributed by atoms with Crippen LogP contribution in [0, 0.1) is 0 Å². The van der Waals surface area contributed by atoms with Gasteiger partial charge in [0.05, 0.1) is 30.2 Å². The summed E-state index contributed by atoms with van der Waals surface area (Å²) in [7, 11) is 1.66. The number of rotatable bonds is 6. The number of aromatic amines is 1. The second-order valence-corrected chi connectivity index (χ2v) is 5.84. The highest BCUT2D eigenvalue weighted by molar-refractivity contribution is 5.59. The average Bonchev–Trinajstić information content (AvgIpc) is 3.30. The minimum atomic E-state index is 0.495. The molecule has 0 saturated carbocycles. The lowest BCUT2D eigenvalue weighted by atomic mass is 10.2. The van der Waals surface area contributed by atoms with Crippen molar-refractivity contribution in [1.82, 2.24) is 30.5 Å². The maximum atomic E-state index is 5.09. The van der Waals surface area contributed by atoms with Crippen LogP contribution in [0.5, 0.6) is 0 Å². The molecule has 0 aliphatic carbocycles. The predicted octanol–water partition coefficient (Wildman–Crippen LogP) is 1.62. The van der Waals surface area contributed by atoms with Gasteiger partial charge in [-0.05, 0) is 18.2 Å². The fraction of sp³-hybridized carbons (Fsp3) is 0.294. The molecule has 0 saturated heterocycles. The van der Waals surface area contributed by atoms with Gasteiger partial charge in [0.25, 0.3) is 0 Å². The van der Waals surface area contributed by atoms with Gasteiger partial charge in [-0.15, -0.1) is 0 Å². The van der Waals surface area contributed by atoms with Gasteiger partial charge in [0.1, 0.15) is 5.82 Å². The minimum Gasteiger partial charge on any atom is -0.378 e. The summed E-state index contributed by atoms with van der Waals surface area (Å²) in [5, 5.41) is 14.0. The van der Waals surface area contributed by atoms with Crippen molar-refractivity contribution in [2.75, 3.05) is 12.4 Å². The highest BCUT2D eigenvalue weighted by atomic mass is 16.5. The lowest BCUT2D eigenvalue weighted by Crippen LogP contribution is -2.08. The summed E-state index contributed by atoms with van der Waals surface area (Å²) in [6.07, 6.45) is 3.52. The summed E-state index contributed by atoms with van der Waals surface area (Å²) in [6.45, 7) is 2.62. The van der Waals surface area contributed by atoms with Gasteiger partial charge in [-0.1, -0.05) is 0 Å². The van der Waals surface area contributed by atoms with E-state index < -0.39 is 0 Å². The average molecular weight is 337 g/mol. The fourth-order valence-electron chi connectivity index (χ4n) is 2.84. The van der Waals surface area contributed by atoms with Crippen molar-refractivity contribution in [1.29, 1.82) is 0 Å². The maximum Gasteiger partial charge on any atom is 0.163 e. The van der Waals surface area contributed by atoms with E-state index in [0.29, 0.717) is 19.0 Å². The second kappa shape index (κ2) is 6.96. The molecule has 4 rings (SSSR count). The number of hydrogen-bond donors (Lipinski definition) is 3. The van der Waals surface area contributed by atoms with Crippen molar-refractivity contribution >= 4 is 5.82 Å². The molecule has 8 heteroatoms. The smallest absolute Gasteiger partial charge is 0.163 e. The number of aromatic nitrogens is 5. The van der Waals surface area contributed by atoms with Crippen LogP contribution in [0.1, 0.15) is 22.6 Å². The summed E-state index contributed by atoms with van der Waals surface area (Å²) in [5.74, 6) is 1.53. The maximum absolute atomic E-state index is 5.09. The highest BCUT2D eigenvalue weighted by Crippen LogP contribution is 2.25. The zero-order valence-corrected chi connectivity index (χ0v) is 13.9. The van der Waals surface area contributed by atoms with Crippen molar-refractivity contribution in [2.45, 2.75) is 26.2 Å². The first-order valence-corrected chi connectivity index (χ1v) is 8.10. The van der Waals surface area contributed by atoms with E-state index in [-0.39, 0.29) is 0 Å². The molecule has 3 aromatic rings. The molecule has 0 fully saturated rings. The molecular weight excluding hydrogens is 318 g/mol. The molecule has 0 atom stereocenters. The van der Waals surface area contributed by atoms with Crippen molar-refractivity contribution < 1.29 is 4.74 Å². The summed E-state index contributed by atoms with van der Waals surface area (Å²) in [4.78, 5) is 13.5. The zero-order chi connectivity index (χ0) is 17.1. The third-order valence-electron chi connectivity index (χ3n) is 4.03. The molecule has 25 heavy (non-hydrogen) atoms. The van der Waals surface area contributed by atoms with E-state index in [0.717, 1.165) is 47.1 Å². The van der Waals surface area contributed by atoms with Gasteiger partial charge < -0.3 is 15.4 Å². The van der Waals surface area contributed by atoms with Gasteiger partial charge in [0, 0.05) is 43.7 Å². The normalized spacial score (nSPS) is 13.0. The molecule has 0 spiro atoms. The Kier molecular flexibility index (Phi) is 4.36. The van der Waals surface area contributed by atoms with Crippen LogP contribution in [-0.2, 0) is 31.0 Å². The van der Waals surface area contributed by atoms with Crippen molar-refractivity contribution in [3.05, 3.63) is 53.2 Å². The third kappa shape index (κ3) is 3.35. The molecular formula is C17H19N7O. The van der Waals surface area contributed by atoms with Crippen LogP contribution in [-0.4, -0.2) is 32.3 Å². The van der Waals surface area contributed by atoms with Crippen LogP contribution in [0.25, 0.3) is 11.4 Å². The number of methoxy groups -OCH3 is 1. The largest absolute Gasteiger partial charge is 0.378 e. The minimum absolute atomic E-state index is 0.495. The number of hydrogen-bond acceptors (Lipinski definition) is 7. The molecule has 1 aliphatic heterocycles. The van der Waals surface area contributed by atoms with Crippen molar-refractivity contribution in [3.63, 3.8) is 0 Å². The number of anilines is 1. The Balaban J connectivity index is 1.59. The van der Waals surface area contributed by atoms with Crippen LogP contribution < -0.4 is 10.6 Å². The van der Waals surface area contributed by atoms with Gasteiger partial charge in [-0.25, -0.2) is 9.97 Å². The van der Waals surface area contributed by atoms with Crippen LogP contribution >= 0.6 is 0 Å². The zero-order valence-electron chi connectivity index (χ0n) is 13.9. The Morgan fingerprint density at radius 3 is 3.08 bits per heavy atom. The fourth-order valence-corrected chi connectivity index (χ4v) is 2.84. The first kappa shape index (κ1) is 15.7. The first-order valence-electron chi connectivity index (χ1n) is 8.10.